The van der Waals surface area contributed by atoms with Crippen LogP contribution in [0.4, 0.5) is 11.4 Å². The number of pyridine rings is 1. The largest absolute Gasteiger partial charge is 0.398 e. The third kappa shape index (κ3) is 2.82. The van der Waals surface area contributed by atoms with Crippen LogP contribution < -0.4 is 10.6 Å². The predicted octanol–water partition coefficient (Wildman–Crippen LogP) is 3.37. The molecule has 0 unspecified atom stereocenters. The van der Waals surface area contributed by atoms with Crippen LogP contribution in [0.1, 0.15) is 11.1 Å². The van der Waals surface area contributed by atoms with Crippen molar-refractivity contribution in [3.05, 3.63) is 52.3 Å². The van der Waals surface area contributed by atoms with Crippen LogP contribution in [0.25, 0.3) is 0 Å². The number of hydrogen-bond acceptors (Lipinski definition) is 3. The minimum atomic E-state index is 0.808. The fraction of sp³-hybridized carbons (Fsp3) is 0.214. The Bertz CT molecular complexity index is 540. The van der Waals surface area contributed by atoms with E-state index in [1.165, 1.54) is 5.56 Å². The number of nitrogens with zero attached hydrogens (tertiary/aromatic N) is 2. The number of hydrogen-bond donors (Lipinski definition) is 1. The highest BCUT2D eigenvalue weighted by atomic mass is 79.9. The topological polar surface area (TPSA) is 42.2 Å². The Balaban J connectivity index is 2.24. The summed E-state index contributed by atoms with van der Waals surface area (Å²) in [6, 6.07) is 8.09. The van der Waals surface area contributed by atoms with Crippen LogP contribution in [-0.4, -0.2) is 12.0 Å². The van der Waals surface area contributed by atoms with Crippen molar-refractivity contribution in [1.82, 2.24) is 4.98 Å². The van der Waals surface area contributed by atoms with E-state index in [-0.39, 0.29) is 0 Å². The molecule has 0 atom stereocenters. The van der Waals surface area contributed by atoms with E-state index in [0.29, 0.717) is 0 Å². The van der Waals surface area contributed by atoms with Gasteiger partial charge < -0.3 is 10.6 Å². The second-order valence-corrected chi connectivity index (χ2v) is 5.23. The van der Waals surface area contributed by atoms with E-state index in [0.717, 1.165) is 28.0 Å². The van der Waals surface area contributed by atoms with Crippen molar-refractivity contribution < 1.29 is 0 Å². The molecule has 0 aliphatic carbocycles. The molecule has 1 heterocycles. The first kappa shape index (κ1) is 12.9. The molecule has 3 nitrogen and oxygen atoms in total. The summed E-state index contributed by atoms with van der Waals surface area (Å²) in [5.74, 6) is 0. The first-order valence-corrected chi connectivity index (χ1v) is 6.53. The molecule has 0 amide bonds. The predicted molar refractivity (Wildman–Crippen MR) is 79.6 cm³/mol. The van der Waals surface area contributed by atoms with Crippen LogP contribution in [-0.2, 0) is 6.54 Å². The molecule has 0 bridgehead atoms. The molecule has 0 aliphatic heterocycles. The van der Waals surface area contributed by atoms with Gasteiger partial charge in [-0.3, -0.25) is 4.98 Å². The van der Waals surface area contributed by atoms with Crippen molar-refractivity contribution in [2.75, 3.05) is 17.7 Å². The molecule has 2 aromatic rings. The Labute approximate surface area is 116 Å². The summed E-state index contributed by atoms with van der Waals surface area (Å²) in [4.78, 5) is 6.21. The van der Waals surface area contributed by atoms with Gasteiger partial charge in [0.05, 0.1) is 5.69 Å². The van der Waals surface area contributed by atoms with Gasteiger partial charge in [-0.25, -0.2) is 0 Å². The summed E-state index contributed by atoms with van der Waals surface area (Å²) in [5.41, 5.74) is 10.2. The lowest BCUT2D eigenvalue weighted by molar-refractivity contribution is 0.916. The summed E-state index contributed by atoms with van der Waals surface area (Å²) < 4.78 is 1.02. The quantitative estimate of drug-likeness (QED) is 0.884. The van der Waals surface area contributed by atoms with E-state index in [9.17, 15) is 0 Å². The normalized spacial score (nSPS) is 10.4. The first-order chi connectivity index (χ1) is 8.58. The van der Waals surface area contributed by atoms with Gasteiger partial charge >= 0.3 is 0 Å². The van der Waals surface area contributed by atoms with Gasteiger partial charge in [0.15, 0.2) is 0 Å². The van der Waals surface area contributed by atoms with Gasteiger partial charge in [-0.1, -0.05) is 0 Å². The highest BCUT2D eigenvalue weighted by Gasteiger charge is 2.08. The van der Waals surface area contributed by atoms with Gasteiger partial charge in [0.2, 0.25) is 0 Å². The SMILES string of the molecule is Cc1cc(N(C)Cc2ccncc2)c(Br)cc1N. The zero-order valence-electron chi connectivity index (χ0n) is 10.5. The molecular formula is C14H16BrN3. The first-order valence-electron chi connectivity index (χ1n) is 5.73. The monoisotopic (exact) mass is 305 g/mol. The number of rotatable bonds is 3. The van der Waals surface area contributed by atoms with Crippen molar-refractivity contribution in [3.8, 4) is 0 Å². The molecule has 1 aromatic heterocycles. The highest BCUT2D eigenvalue weighted by Crippen LogP contribution is 2.30. The molecule has 2 N–H and O–H groups in total. The smallest absolute Gasteiger partial charge is 0.0515 e. The lowest BCUT2D eigenvalue weighted by atomic mass is 10.1. The Morgan fingerprint density at radius 3 is 2.61 bits per heavy atom. The molecule has 2 rings (SSSR count). The number of aromatic nitrogens is 1. The van der Waals surface area contributed by atoms with E-state index in [2.05, 4.69) is 38.9 Å². The molecule has 4 heteroatoms. The molecule has 1 aromatic carbocycles. The molecule has 0 spiro atoms. The van der Waals surface area contributed by atoms with E-state index >= 15 is 0 Å². The fourth-order valence-electron chi connectivity index (χ4n) is 1.82. The lowest BCUT2D eigenvalue weighted by Gasteiger charge is -2.22. The highest BCUT2D eigenvalue weighted by molar-refractivity contribution is 9.10. The summed E-state index contributed by atoms with van der Waals surface area (Å²) in [5, 5.41) is 0. The summed E-state index contributed by atoms with van der Waals surface area (Å²) in [7, 11) is 2.07. The Hall–Kier alpha value is -1.55. The van der Waals surface area contributed by atoms with E-state index < -0.39 is 0 Å². The Kier molecular flexibility index (Phi) is 3.87. The molecule has 0 saturated heterocycles. The standard InChI is InChI=1S/C14H16BrN3/c1-10-7-14(12(15)8-13(10)16)18(2)9-11-3-5-17-6-4-11/h3-8H,9,16H2,1-2H3. The maximum atomic E-state index is 5.89. The number of halogens is 1. The molecule has 18 heavy (non-hydrogen) atoms. The minimum Gasteiger partial charge on any atom is -0.398 e. The average molecular weight is 306 g/mol. The summed E-state index contributed by atoms with van der Waals surface area (Å²) in [6.45, 7) is 2.86. The third-order valence-corrected chi connectivity index (χ3v) is 3.55. The lowest BCUT2D eigenvalue weighted by Crippen LogP contribution is -2.17. The van der Waals surface area contributed by atoms with E-state index in [1.807, 2.05) is 37.5 Å². The minimum absolute atomic E-state index is 0.808. The number of nitrogens with two attached hydrogens (primary N) is 1. The molecule has 0 fully saturated rings. The van der Waals surface area contributed by atoms with Gasteiger partial charge in [0.25, 0.3) is 0 Å². The fourth-order valence-corrected chi connectivity index (χ4v) is 2.49. The van der Waals surface area contributed by atoms with Crippen LogP contribution in [0.15, 0.2) is 41.1 Å². The molecule has 0 radical (unpaired) electrons. The average Bonchev–Trinajstić information content (AvgIpc) is 2.35. The van der Waals surface area contributed by atoms with E-state index in [1.54, 1.807) is 0 Å². The maximum Gasteiger partial charge on any atom is 0.0515 e. The van der Waals surface area contributed by atoms with Crippen LogP contribution >= 0.6 is 15.9 Å². The number of nitrogen functional groups attached to an aromatic ring is 1. The van der Waals surface area contributed by atoms with E-state index in [4.69, 9.17) is 5.73 Å². The number of benzene rings is 1. The van der Waals surface area contributed by atoms with Gasteiger partial charge in [0, 0.05) is 36.1 Å². The zero-order valence-corrected chi connectivity index (χ0v) is 12.1. The number of aryl methyl sites for hydroxylation is 1. The van der Waals surface area contributed by atoms with Gasteiger partial charge in [-0.2, -0.15) is 0 Å². The van der Waals surface area contributed by atoms with Crippen molar-refractivity contribution in [2.24, 2.45) is 0 Å². The summed E-state index contributed by atoms with van der Waals surface area (Å²) in [6.07, 6.45) is 3.62. The Morgan fingerprint density at radius 2 is 1.94 bits per heavy atom. The maximum absolute atomic E-state index is 5.89. The number of anilines is 2. The van der Waals surface area contributed by atoms with Gasteiger partial charge in [0.1, 0.15) is 0 Å². The zero-order chi connectivity index (χ0) is 13.1. The van der Waals surface area contributed by atoms with Crippen LogP contribution in [0.2, 0.25) is 0 Å². The van der Waals surface area contributed by atoms with Crippen LogP contribution in [0.3, 0.4) is 0 Å². The molecular weight excluding hydrogens is 290 g/mol. The van der Waals surface area contributed by atoms with Crippen molar-refractivity contribution in [1.29, 1.82) is 0 Å². The molecule has 0 saturated carbocycles. The van der Waals surface area contributed by atoms with Crippen LogP contribution in [0, 0.1) is 6.92 Å². The van der Waals surface area contributed by atoms with Crippen molar-refractivity contribution in [2.45, 2.75) is 13.5 Å². The Morgan fingerprint density at radius 1 is 1.28 bits per heavy atom. The third-order valence-electron chi connectivity index (χ3n) is 2.92. The van der Waals surface area contributed by atoms with Crippen molar-refractivity contribution in [3.63, 3.8) is 0 Å². The van der Waals surface area contributed by atoms with Gasteiger partial charge in [-0.05, 0) is 58.2 Å². The summed E-state index contributed by atoms with van der Waals surface area (Å²) >= 11 is 3.56. The molecule has 94 valence electrons. The van der Waals surface area contributed by atoms with Crippen molar-refractivity contribution >= 4 is 27.3 Å². The van der Waals surface area contributed by atoms with Crippen LogP contribution in [0.5, 0.6) is 0 Å². The second-order valence-electron chi connectivity index (χ2n) is 4.37. The second kappa shape index (κ2) is 5.40. The van der Waals surface area contributed by atoms with Gasteiger partial charge in [-0.15, -0.1) is 0 Å². The molecule has 0 aliphatic rings.